The van der Waals surface area contributed by atoms with Crippen molar-refractivity contribution in [3.05, 3.63) is 23.3 Å². The van der Waals surface area contributed by atoms with Crippen LogP contribution in [-0.4, -0.2) is 5.78 Å². The molecule has 0 radical (unpaired) electrons. The molecular weight excluding hydrogens is 196 g/mol. The van der Waals surface area contributed by atoms with Gasteiger partial charge in [-0.15, -0.1) is 0 Å². The van der Waals surface area contributed by atoms with Crippen LogP contribution < -0.4 is 0 Å². The quantitative estimate of drug-likeness (QED) is 0.678. The van der Waals surface area contributed by atoms with Crippen molar-refractivity contribution in [2.24, 2.45) is 10.8 Å². The van der Waals surface area contributed by atoms with Crippen LogP contribution >= 0.6 is 0 Å². The number of Topliss-reactive ketones (excluding diaryl/α,β-unsaturated/α-hetero) is 1. The summed E-state index contributed by atoms with van der Waals surface area (Å²) in [4.78, 5) is 12.3. The van der Waals surface area contributed by atoms with Crippen molar-refractivity contribution in [2.45, 2.75) is 54.4 Å². The van der Waals surface area contributed by atoms with Gasteiger partial charge in [0.25, 0.3) is 0 Å². The van der Waals surface area contributed by atoms with Crippen LogP contribution in [0.2, 0.25) is 0 Å². The zero-order chi connectivity index (χ0) is 12.6. The molecule has 0 saturated heterocycles. The van der Waals surface area contributed by atoms with E-state index in [1.807, 2.05) is 20.8 Å². The van der Waals surface area contributed by atoms with Crippen LogP contribution in [0.1, 0.15) is 54.4 Å². The van der Waals surface area contributed by atoms with Crippen LogP contribution in [0.25, 0.3) is 0 Å². The molecule has 16 heavy (non-hydrogen) atoms. The van der Waals surface area contributed by atoms with Crippen molar-refractivity contribution in [1.29, 1.82) is 0 Å². The fraction of sp³-hybridized carbons (Fsp3) is 0.667. The fourth-order valence-electron chi connectivity index (χ4n) is 1.94. The molecular formula is C15H24O. The van der Waals surface area contributed by atoms with Gasteiger partial charge in [0.2, 0.25) is 0 Å². The summed E-state index contributed by atoms with van der Waals surface area (Å²) in [7, 11) is 0. The van der Waals surface area contributed by atoms with Gasteiger partial charge in [0.1, 0.15) is 0 Å². The molecule has 0 heterocycles. The average molecular weight is 220 g/mol. The smallest absolute Gasteiger partial charge is 0.168 e. The number of hydrogen-bond donors (Lipinski definition) is 0. The Morgan fingerprint density at radius 1 is 1.12 bits per heavy atom. The highest BCUT2D eigenvalue weighted by atomic mass is 16.1. The molecule has 0 unspecified atom stereocenters. The maximum absolute atomic E-state index is 12.3. The van der Waals surface area contributed by atoms with E-state index in [2.05, 4.69) is 32.9 Å². The zero-order valence-corrected chi connectivity index (χ0v) is 11.5. The predicted molar refractivity (Wildman–Crippen MR) is 69.3 cm³/mol. The van der Waals surface area contributed by atoms with E-state index in [1.165, 1.54) is 5.57 Å². The Morgan fingerprint density at radius 2 is 1.69 bits per heavy atom. The van der Waals surface area contributed by atoms with Gasteiger partial charge < -0.3 is 0 Å². The minimum absolute atomic E-state index is 0.243. The lowest BCUT2D eigenvalue weighted by Gasteiger charge is -2.23. The molecule has 0 fully saturated rings. The second-order valence-corrected chi connectivity index (χ2v) is 6.90. The average Bonchev–Trinajstić information content (AvgIpc) is 2.46. The highest BCUT2D eigenvalue weighted by Gasteiger charge is 2.29. The van der Waals surface area contributed by atoms with E-state index in [4.69, 9.17) is 0 Å². The van der Waals surface area contributed by atoms with Gasteiger partial charge in [-0.2, -0.15) is 0 Å². The van der Waals surface area contributed by atoms with E-state index in [0.29, 0.717) is 0 Å². The van der Waals surface area contributed by atoms with E-state index in [1.54, 1.807) is 0 Å². The molecule has 1 aliphatic carbocycles. The summed E-state index contributed by atoms with van der Waals surface area (Å²) in [5, 5.41) is 0. The van der Waals surface area contributed by atoms with Gasteiger partial charge in [0.05, 0.1) is 0 Å². The lowest BCUT2D eigenvalue weighted by molar-refractivity contribution is -0.122. The van der Waals surface area contributed by atoms with Gasteiger partial charge in [0, 0.05) is 11.0 Å². The summed E-state index contributed by atoms with van der Waals surface area (Å²) in [5.41, 5.74) is 2.18. The zero-order valence-electron chi connectivity index (χ0n) is 11.5. The largest absolute Gasteiger partial charge is 0.294 e. The normalized spacial score (nSPS) is 17.1. The van der Waals surface area contributed by atoms with E-state index in [-0.39, 0.29) is 16.6 Å². The van der Waals surface area contributed by atoms with E-state index >= 15 is 0 Å². The summed E-state index contributed by atoms with van der Waals surface area (Å²) in [6.07, 6.45) is 6.18. The van der Waals surface area contributed by atoms with Crippen molar-refractivity contribution in [3.8, 4) is 0 Å². The van der Waals surface area contributed by atoms with Gasteiger partial charge in [-0.05, 0) is 23.8 Å². The highest BCUT2D eigenvalue weighted by molar-refractivity contribution is 6.03. The summed E-state index contributed by atoms with van der Waals surface area (Å²) in [6, 6.07) is 0. The molecule has 0 amide bonds. The Bertz CT molecular complexity index is 343. The van der Waals surface area contributed by atoms with Gasteiger partial charge in [-0.25, -0.2) is 0 Å². The molecule has 0 atom stereocenters. The van der Waals surface area contributed by atoms with Crippen LogP contribution in [0.3, 0.4) is 0 Å². The first kappa shape index (κ1) is 13.2. The third-order valence-corrected chi connectivity index (χ3v) is 2.68. The summed E-state index contributed by atoms with van der Waals surface area (Å²) in [6.45, 7) is 12.6. The Labute approximate surface area is 99.6 Å². The third kappa shape index (κ3) is 3.33. The monoisotopic (exact) mass is 220 g/mol. The molecule has 1 aliphatic rings. The second kappa shape index (κ2) is 4.20. The Balaban J connectivity index is 2.85. The Morgan fingerprint density at radius 3 is 2.12 bits per heavy atom. The molecule has 1 rings (SSSR count). The number of ketones is 1. The predicted octanol–water partition coefficient (Wildman–Crippen LogP) is 4.29. The fourth-order valence-corrected chi connectivity index (χ4v) is 1.94. The standard InChI is InChI=1S/C15H24O/c1-14(2,3)10-11-8-7-9-12(11)13(16)15(4,5)6/h8-9H,7,10H2,1-6H3. The summed E-state index contributed by atoms with van der Waals surface area (Å²) < 4.78 is 0. The van der Waals surface area contributed by atoms with Gasteiger partial charge >= 0.3 is 0 Å². The Kier molecular flexibility index (Phi) is 3.47. The molecule has 0 N–H and O–H groups in total. The first-order valence-electron chi connectivity index (χ1n) is 6.06. The Hall–Kier alpha value is -0.850. The molecule has 0 aromatic heterocycles. The van der Waals surface area contributed by atoms with Gasteiger partial charge in [-0.3, -0.25) is 4.79 Å². The number of hydrogen-bond acceptors (Lipinski definition) is 1. The summed E-state index contributed by atoms with van der Waals surface area (Å²) in [5.74, 6) is 0.278. The van der Waals surface area contributed by atoms with Crippen LogP contribution in [0.5, 0.6) is 0 Å². The van der Waals surface area contributed by atoms with Crippen molar-refractivity contribution in [3.63, 3.8) is 0 Å². The molecule has 0 saturated carbocycles. The molecule has 90 valence electrons. The van der Waals surface area contributed by atoms with Crippen LogP contribution in [0.4, 0.5) is 0 Å². The van der Waals surface area contributed by atoms with Gasteiger partial charge in [0.15, 0.2) is 5.78 Å². The minimum atomic E-state index is -0.271. The van der Waals surface area contributed by atoms with Crippen molar-refractivity contribution < 1.29 is 4.79 Å². The van der Waals surface area contributed by atoms with E-state index in [0.717, 1.165) is 18.4 Å². The lowest BCUT2D eigenvalue weighted by Crippen LogP contribution is -2.23. The second-order valence-electron chi connectivity index (χ2n) is 6.90. The van der Waals surface area contributed by atoms with Crippen molar-refractivity contribution in [1.82, 2.24) is 0 Å². The SMILES string of the molecule is CC(C)(C)CC1=CCC=C1C(=O)C(C)(C)C. The molecule has 0 bridgehead atoms. The number of carbonyl (C=O) groups excluding carboxylic acids is 1. The summed E-state index contributed by atoms with van der Waals surface area (Å²) >= 11 is 0. The molecule has 1 nitrogen and oxygen atoms in total. The molecule has 1 heteroatoms. The lowest BCUT2D eigenvalue weighted by atomic mass is 9.80. The molecule has 0 spiro atoms. The minimum Gasteiger partial charge on any atom is -0.294 e. The van der Waals surface area contributed by atoms with Crippen LogP contribution in [0, 0.1) is 10.8 Å². The van der Waals surface area contributed by atoms with E-state index < -0.39 is 0 Å². The first-order valence-corrected chi connectivity index (χ1v) is 6.06. The topological polar surface area (TPSA) is 17.1 Å². The van der Waals surface area contributed by atoms with Crippen molar-refractivity contribution in [2.75, 3.05) is 0 Å². The highest BCUT2D eigenvalue weighted by Crippen LogP contribution is 2.35. The number of allylic oxidation sites excluding steroid dienone is 4. The molecule has 0 aliphatic heterocycles. The maximum Gasteiger partial charge on any atom is 0.168 e. The van der Waals surface area contributed by atoms with Crippen LogP contribution in [-0.2, 0) is 4.79 Å². The third-order valence-electron chi connectivity index (χ3n) is 2.68. The first-order chi connectivity index (χ1) is 7.11. The van der Waals surface area contributed by atoms with E-state index in [9.17, 15) is 4.79 Å². The molecule has 0 aromatic carbocycles. The van der Waals surface area contributed by atoms with Gasteiger partial charge in [-0.1, -0.05) is 53.7 Å². The van der Waals surface area contributed by atoms with Crippen molar-refractivity contribution >= 4 is 5.78 Å². The van der Waals surface area contributed by atoms with Crippen LogP contribution in [0.15, 0.2) is 23.3 Å². The maximum atomic E-state index is 12.3. The molecule has 0 aromatic rings. The number of rotatable bonds is 2. The number of carbonyl (C=O) groups is 1.